The van der Waals surface area contributed by atoms with Crippen LogP contribution in [-0.4, -0.2) is 10.9 Å². The van der Waals surface area contributed by atoms with Crippen LogP contribution in [0.4, 0.5) is 13.2 Å². The van der Waals surface area contributed by atoms with Crippen molar-refractivity contribution in [1.82, 2.24) is 4.98 Å². The van der Waals surface area contributed by atoms with E-state index in [0.29, 0.717) is 17.4 Å². The van der Waals surface area contributed by atoms with Gasteiger partial charge in [-0.2, -0.15) is 13.2 Å². The second-order valence-electron chi connectivity index (χ2n) is 2.84. The second kappa shape index (κ2) is 3.77. The molecule has 1 aliphatic rings. The summed E-state index contributed by atoms with van der Waals surface area (Å²) in [5, 5.41) is 1.73. The van der Waals surface area contributed by atoms with Gasteiger partial charge in [0.05, 0.1) is 5.56 Å². The standard InChI is InChI=1S/C9H6F3NOS/c10-9(11,12)6-1-2-7(13-3-6)8-4-15-5-14-8/h1-4H,5H2. The first kappa shape index (κ1) is 10.4. The Labute approximate surface area is 88.1 Å². The number of hydrogen-bond acceptors (Lipinski definition) is 3. The van der Waals surface area contributed by atoms with Crippen LogP contribution >= 0.6 is 11.8 Å². The summed E-state index contributed by atoms with van der Waals surface area (Å²) in [5.74, 6) is 1.01. The molecule has 6 heteroatoms. The third kappa shape index (κ3) is 2.26. The predicted octanol–water partition coefficient (Wildman–Crippen LogP) is 3.12. The Kier molecular flexibility index (Phi) is 2.60. The van der Waals surface area contributed by atoms with E-state index in [2.05, 4.69) is 4.98 Å². The van der Waals surface area contributed by atoms with Crippen LogP contribution in [0.5, 0.6) is 0 Å². The Bertz CT molecular complexity index is 385. The number of hydrogen-bond donors (Lipinski definition) is 0. The van der Waals surface area contributed by atoms with Gasteiger partial charge in [-0.1, -0.05) is 11.8 Å². The Morgan fingerprint density at radius 1 is 1.33 bits per heavy atom. The molecule has 0 radical (unpaired) electrons. The average Bonchev–Trinajstić information content (AvgIpc) is 2.69. The van der Waals surface area contributed by atoms with Gasteiger partial charge < -0.3 is 4.74 Å². The smallest absolute Gasteiger partial charge is 0.417 e. The topological polar surface area (TPSA) is 22.1 Å². The number of rotatable bonds is 1. The highest BCUT2D eigenvalue weighted by Gasteiger charge is 2.30. The molecular weight excluding hydrogens is 227 g/mol. The molecule has 0 unspecified atom stereocenters. The van der Waals surface area contributed by atoms with Crippen molar-refractivity contribution in [2.75, 3.05) is 5.94 Å². The minimum absolute atomic E-state index is 0.424. The number of thioether (sulfide) groups is 1. The molecule has 0 N–H and O–H groups in total. The molecule has 0 fully saturated rings. The largest absolute Gasteiger partial charge is 0.480 e. The van der Waals surface area contributed by atoms with E-state index in [9.17, 15) is 13.2 Å². The molecule has 0 bridgehead atoms. The molecule has 0 atom stereocenters. The summed E-state index contributed by atoms with van der Waals surface area (Å²) in [4.78, 5) is 3.70. The molecule has 0 spiro atoms. The molecular formula is C9H6F3NOS. The van der Waals surface area contributed by atoms with Crippen LogP contribution in [-0.2, 0) is 10.9 Å². The Morgan fingerprint density at radius 3 is 2.60 bits per heavy atom. The molecule has 0 amide bonds. The van der Waals surface area contributed by atoms with Crippen LogP contribution in [0.3, 0.4) is 0 Å². The van der Waals surface area contributed by atoms with Gasteiger partial charge in [-0.05, 0) is 12.1 Å². The number of alkyl halides is 3. The monoisotopic (exact) mass is 233 g/mol. The van der Waals surface area contributed by atoms with Gasteiger partial charge in [0.1, 0.15) is 11.6 Å². The molecule has 2 rings (SSSR count). The number of halogens is 3. The fourth-order valence-electron chi connectivity index (χ4n) is 1.08. The Morgan fingerprint density at radius 2 is 2.13 bits per heavy atom. The average molecular weight is 233 g/mol. The highest BCUT2D eigenvalue weighted by molar-refractivity contribution is 8.02. The van der Waals surface area contributed by atoms with E-state index in [-0.39, 0.29) is 0 Å². The molecule has 0 aromatic carbocycles. The van der Waals surface area contributed by atoms with Gasteiger partial charge in [-0.15, -0.1) is 0 Å². The van der Waals surface area contributed by atoms with Gasteiger partial charge in [0.25, 0.3) is 0 Å². The van der Waals surface area contributed by atoms with E-state index in [0.717, 1.165) is 12.3 Å². The molecule has 0 saturated carbocycles. The summed E-state index contributed by atoms with van der Waals surface area (Å²) in [6, 6.07) is 2.30. The fourth-order valence-corrected chi connectivity index (χ4v) is 1.69. The van der Waals surface area contributed by atoms with Crippen LogP contribution in [0.2, 0.25) is 0 Å². The highest BCUT2D eigenvalue weighted by atomic mass is 32.2. The van der Waals surface area contributed by atoms with E-state index < -0.39 is 11.7 Å². The van der Waals surface area contributed by atoms with Crippen molar-refractivity contribution in [3.8, 4) is 0 Å². The summed E-state index contributed by atoms with van der Waals surface area (Å²) in [5.41, 5.74) is -0.328. The third-order valence-electron chi connectivity index (χ3n) is 1.82. The minimum atomic E-state index is -4.34. The van der Waals surface area contributed by atoms with E-state index in [1.54, 1.807) is 5.41 Å². The molecule has 80 valence electrons. The van der Waals surface area contributed by atoms with Gasteiger partial charge in [-0.3, -0.25) is 4.98 Å². The van der Waals surface area contributed by atoms with Crippen LogP contribution < -0.4 is 0 Å². The molecule has 15 heavy (non-hydrogen) atoms. The van der Waals surface area contributed by atoms with Crippen molar-refractivity contribution in [2.24, 2.45) is 0 Å². The maximum absolute atomic E-state index is 12.2. The number of aromatic nitrogens is 1. The normalized spacial score (nSPS) is 16.1. The Balaban J connectivity index is 2.24. The van der Waals surface area contributed by atoms with Crippen molar-refractivity contribution >= 4 is 17.5 Å². The van der Waals surface area contributed by atoms with Crippen molar-refractivity contribution in [2.45, 2.75) is 6.18 Å². The van der Waals surface area contributed by atoms with Crippen LogP contribution in [0.1, 0.15) is 11.3 Å². The van der Waals surface area contributed by atoms with Gasteiger partial charge in [0, 0.05) is 11.6 Å². The lowest BCUT2D eigenvalue weighted by molar-refractivity contribution is -0.137. The third-order valence-corrected chi connectivity index (χ3v) is 2.45. The summed E-state index contributed by atoms with van der Waals surface area (Å²) in [6.07, 6.45) is -3.53. The minimum Gasteiger partial charge on any atom is -0.480 e. The SMILES string of the molecule is FC(F)(F)c1ccc(C2=CSCO2)nc1. The Hall–Kier alpha value is -1.17. The van der Waals surface area contributed by atoms with E-state index in [1.807, 2.05) is 0 Å². The van der Waals surface area contributed by atoms with Crippen molar-refractivity contribution in [3.63, 3.8) is 0 Å². The number of ether oxygens (including phenoxy) is 1. The highest BCUT2D eigenvalue weighted by Crippen LogP contribution is 2.30. The first-order chi connectivity index (χ1) is 7.07. The van der Waals surface area contributed by atoms with Gasteiger partial charge >= 0.3 is 6.18 Å². The summed E-state index contributed by atoms with van der Waals surface area (Å²) < 4.78 is 41.8. The first-order valence-corrected chi connectivity index (χ1v) is 5.10. The molecule has 2 heterocycles. The second-order valence-corrected chi connectivity index (χ2v) is 3.65. The molecule has 2 nitrogen and oxygen atoms in total. The maximum Gasteiger partial charge on any atom is 0.417 e. The zero-order valence-corrected chi connectivity index (χ0v) is 8.23. The summed E-state index contributed by atoms with van der Waals surface area (Å²) >= 11 is 1.44. The van der Waals surface area contributed by atoms with Gasteiger partial charge in [0.2, 0.25) is 0 Å². The molecule has 1 aromatic heterocycles. The molecule has 1 aromatic rings. The number of pyridine rings is 1. The quantitative estimate of drug-likeness (QED) is 0.744. The lowest BCUT2D eigenvalue weighted by atomic mass is 10.2. The number of nitrogens with zero attached hydrogens (tertiary/aromatic N) is 1. The van der Waals surface area contributed by atoms with Gasteiger partial charge in [-0.25, -0.2) is 0 Å². The van der Waals surface area contributed by atoms with Crippen molar-refractivity contribution in [1.29, 1.82) is 0 Å². The summed E-state index contributed by atoms with van der Waals surface area (Å²) in [7, 11) is 0. The van der Waals surface area contributed by atoms with Crippen LogP contribution in [0.25, 0.3) is 5.76 Å². The fraction of sp³-hybridized carbons (Fsp3) is 0.222. The zero-order chi connectivity index (χ0) is 10.9. The predicted molar refractivity (Wildman–Crippen MR) is 50.8 cm³/mol. The lowest BCUT2D eigenvalue weighted by Crippen LogP contribution is -2.05. The van der Waals surface area contributed by atoms with Gasteiger partial charge in [0.15, 0.2) is 5.76 Å². The van der Waals surface area contributed by atoms with Crippen LogP contribution in [0.15, 0.2) is 23.7 Å². The van der Waals surface area contributed by atoms with E-state index in [1.165, 1.54) is 17.8 Å². The lowest BCUT2D eigenvalue weighted by Gasteiger charge is -2.07. The van der Waals surface area contributed by atoms with Crippen molar-refractivity contribution in [3.05, 3.63) is 35.0 Å². The van der Waals surface area contributed by atoms with Crippen molar-refractivity contribution < 1.29 is 17.9 Å². The van der Waals surface area contributed by atoms with E-state index >= 15 is 0 Å². The molecule has 0 saturated heterocycles. The summed E-state index contributed by atoms with van der Waals surface area (Å²) in [6.45, 7) is 0. The van der Waals surface area contributed by atoms with E-state index in [4.69, 9.17) is 4.74 Å². The van der Waals surface area contributed by atoms with Crippen LogP contribution in [0, 0.1) is 0 Å². The maximum atomic E-state index is 12.2. The first-order valence-electron chi connectivity index (χ1n) is 4.05. The zero-order valence-electron chi connectivity index (χ0n) is 7.41. The molecule has 0 aliphatic carbocycles. The molecule has 1 aliphatic heterocycles.